The number of nitrogens with zero attached hydrogens (tertiary/aromatic N) is 1. The third-order valence-electron chi connectivity index (χ3n) is 4.13. The van der Waals surface area contributed by atoms with Crippen molar-refractivity contribution in [3.05, 3.63) is 29.8 Å². The zero-order valence-electron chi connectivity index (χ0n) is 13.4. The molecule has 1 heterocycles. The van der Waals surface area contributed by atoms with Crippen molar-refractivity contribution in [2.75, 3.05) is 0 Å². The quantitative estimate of drug-likeness (QED) is 0.913. The first-order valence-corrected chi connectivity index (χ1v) is 8.71. The number of aliphatic hydroxyl groups excluding tert-OH is 1. The third kappa shape index (κ3) is 3.00. The number of aryl methyl sites for hydroxylation is 1. The van der Waals surface area contributed by atoms with Crippen molar-refractivity contribution in [2.24, 2.45) is 0 Å². The summed E-state index contributed by atoms with van der Waals surface area (Å²) >= 11 is 0. The second-order valence-corrected chi connectivity index (χ2v) is 9.06. The Labute approximate surface area is 127 Å². The van der Waals surface area contributed by atoms with Gasteiger partial charge in [-0.15, -0.1) is 0 Å². The van der Waals surface area contributed by atoms with E-state index in [0.717, 1.165) is 5.56 Å². The van der Waals surface area contributed by atoms with Gasteiger partial charge in [-0.05, 0) is 59.6 Å². The van der Waals surface area contributed by atoms with Gasteiger partial charge in [-0.3, -0.25) is 0 Å². The molecule has 5 heteroatoms. The van der Waals surface area contributed by atoms with Gasteiger partial charge in [0.2, 0.25) is 10.0 Å². The van der Waals surface area contributed by atoms with Crippen LogP contribution in [0.2, 0.25) is 0 Å². The lowest BCUT2D eigenvalue weighted by atomic mass is 9.81. The number of benzene rings is 1. The third-order valence-corrected chi connectivity index (χ3v) is 6.47. The first-order chi connectivity index (χ1) is 9.47. The van der Waals surface area contributed by atoms with E-state index in [1.165, 1.54) is 0 Å². The molecule has 1 N–H and O–H groups in total. The van der Waals surface area contributed by atoms with E-state index in [-0.39, 0.29) is 0 Å². The average Bonchev–Trinajstić information content (AvgIpc) is 2.24. The molecule has 0 aromatic heterocycles. The lowest BCUT2D eigenvalue weighted by molar-refractivity contribution is -0.0261. The van der Waals surface area contributed by atoms with E-state index in [1.807, 2.05) is 46.8 Å². The maximum atomic E-state index is 13.1. The highest BCUT2D eigenvalue weighted by Gasteiger charge is 2.51. The molecule has 0 spiro atoms. The lowest BCUT2D eigenvalue weighted by Crippen LogP contribution is -2.63. The van der Waals surface area contributed by atoms with Crippen molar-refractivity contribution in [2.45, 2.75) is 69.5 Å². The Morgan fingerprint density at radius 2 is 1.48 bits per heavy atom. The lowest BCUT2D eigenvalue weighted by Gasteiger charge is -2.52. The SMILES string of the molecule is Cc1ccc(S(=O)(=O)N2C(C)(C)CC(O)CC2(C)C)cc1. The summed E-state index contributed by atoms with van der Waals surface area (Å²) in [7, 11) is -3.60. The van der Waals surface area contributed by atoms with Crippen LogP contribution in [0.25, 0.3) is 0 Å². The maximum Gasteiger partial charge on any atom is 0.244 e. The zero-order valence-corrected chi connectivity index (χ0v) is 14.2. The van der Waals surface area contributed by atoms with Crippen molar-refractivity contribution < 1.29 is 13.5 Å². The summed E-state index contributed by atoms with van der Waals surface area (Å²) in [5.74, 6) is 0. The highest BCUT2D eigenvalue weighted by Crippen LogP contribution is 2.42. The minimum absolute atomic E-state index is 0.311. The second kappa shape index (κ2) is 5.07. The predicted molar refractivity (Wildman–Crippen MR) is 83.6 cm³/mol. The smallest absolute Gasteiger partial charge is 0.244 e. The second-order valence-electron chi connectivity index (χ2n) is 7.27. The van der Waals surface area contributed by atoms with Gasteiger partial charge < -0.3 is 5.11 Å². The van der Waals surface area contributed by atoms with Crippen LogP contribution in [0, 0.1) is 6.92 Å². The highest BCUT2D eigenvalue weighted by atomic mass is 32.2. The summed E-state index contributed by atoms with van der Waals surface area (Å²) in [4.78, 5) is 0.311. The van der Waals surface area contributed by atoms with Crippen LogP contribution in [0.4, 0.5) is 0 Å². The van der Waals surface area contributed by atoms with Gasteiger partial charge in [-0.2, -0.15) is 4.31 Å². The molecule has 1 saturated heterocycles. The molecular formula is C16H25NO3S. The summed E-state index contributed by atoms with van der Waals surface area (Å²) in [6, 6.07) is 6.93. The molecule has 4 nitrogen and oxygen atoms in total. The maximum absolute atomic E-state index is 13.1. The molecule has 1 aliphatic rings. The van der Waals surface area contributed by atoms with Gasteiger partial charge >= 0.3 is 0 Å². The zero-order chi connectivity index (χ0) is 16.1. The summed E-state index contributed by atoms with van der Waals surface area (Å²) in [5.41, 5.74) is -0.211. The predicted octanol–water partition coefficient (Wildman–Crippen LogP) is 2.70. The van der Waals surface area contributed by atoms with Crippen LogP contribution in [0.5, 0.6) is 0 Å². The number of piperidine rings is 1. The number of sulfonamides is 1. The minimum atomic E-state index is -3.60. The van der Waals surface area contributed by atoms with Gasteiger partial charge in [0.15, 0.2) is 0 Å². The number of rotatable bonds is 2. The Hall–Kier alpha value is -0.910. The van der Waals surface area contributed by atoms with Crippen LogP contribution in [-0.2, 0) is 10.0 Å². The Morgan fingerprint density at radius 3 is 1.90 bits per heavy atom. The van der Waals surface area contributed by atoms with E-state index in [2.05, 4.69) is 0 Å². The number of aliphatic hydroxyl groups is 1. The van der Waals surface area contributed by atoms with Gasteiger partial charge in [-0.25, -0.2) is 8.42 Å². The van der Waals surface area contributed by atoms with Crippen LogP contribution in [0.3, 0.4) is 0 Å². The molecule has 1 aromatic rings. The van der Waals surface area contributed by atoms with Gasteiger partial charge in [-0.1, -0.05) is 17.7 Å². The highest BCUT2D eigenvalue weighted by molar-refractivity contribution is 7.89. The van der Waals surface area contributed by atoms with Crippen molar-refractivity contribution >= 4 is 10.0 Å². The van der Waals surface area contributed by atoms with Crippen molar-refractivity contribution in [1.29, 1.82) is 0 Å². The van der Waals surface area contributed by atoms with Crippen molar-refractivity contribution in [3.8, 4) is 0 Å². The van der Waals surface area contributed by atoms with Crippen LogP contribution in [-0.4, -0.2) is 35.0 Å². The summed E-state index contributed by atoms with van der Waals surface area (Å²) in [6.07, 6.45) is 0.419. The van der Waals surface area contributed by atoms with E-state index in [0.29, 0.717) is 17.7 Å². The minimum Gasteiger partial charge on any atom is -0.393 e. The van der Waals surface area contributed by atoms with Gasteiger partial charge in [0.05, 0.1) is 11.0 Å². The molecular weight excluding hydrogens is 286 g/mol. The standard InChI is InChI=1S/C16H25NO3S/c1-12-6-8-14(9-7-12)21(19,20)17-15(2,3)10-13(18)11-16(17,4)5/h6-9,13,18H,10-11H2,1-5H3. The van der Waals surface area contributed by atoms with Crippen LogP contribution in [0.15, 0.2) is 29.2 Å². The molecule has 0 saturated carbocycles. The fraction of sp³-hybridized carbons (Fsp3) is 0.625. The normalized spacial score (nSPS) is 23.1. The number of hydrogen-bond acceptors (Lipinski definition) is 3. The first kappa shape index (κ1) is 16.5. The van der Waals surface area contributed by atoms with Gasteiger partial charge in [0.25, 0.3) is 0 Å². The van der Waals surface area contributed by atoms with Gasteiger partial charge in [0, 0.05) is 11.1 Å². The number of hydrogen-bond donors (Lipinski definition) is 1. The van der Waals surface area contributed by atoms with E-state index in [4.69, 9.17) is 0 Å². The Kier molecular flexibility index (Phi) is 3.98. The fourth-order valence-corrected chi connectivity index (χ4v) is 5.82. The molecule has 1 aliphatic heterocycles. The molecule has 0 unspecified atom stereocenters. The van der Waals surface area contributed by atoms with E-state index < -0.39 is 27.2 Å². The fourth-order valence-electron chi connectivity index (χ4n) is 3.68. The Morgan fingerprint density at radius 1 is 1.05 bits per heavy atom. The first-order valence-electron chi connectivity index (χ1n) is 7.27. The largest absolute Gasteiger partial charge is 0.393 e. The van der Waals surface area contributed by atoms with Crippen molar-refractivity contribution in [3.63, 3.8) is 0 Å². The van der Waals surface area contributed by atoms with E-state index in [1.54, 1.807) is 16.4 Å². The molecule has 21 heavy (non-hydrogen) atoms. The van der Waals surface area contributed by atoms with Crippen LogP contribution < -0.4 is 0 Å². The molecule has 1 aromatic carbocycles. The van der Waals surface area contributed by atoms with E-state index >= 15 is 0 Å². The van der Waals surface area contributed by atoms with Gasteiger partial charge in [0.1, 0.15) is 0 Å². The van der Waals surface area contributed by atoms with Crippen LogP contribution in [0.1, 0.15) is 46.1 Å². The Balaban J connectivity index is 2.53. The topological polar surface area (TPSA) is 57.6 Å². The Bertz CT molecular complexity index is 599. The molecule has 0 atom stereocenters. The molecule has 0 bridgehead atoms. The monoisotopic (exact) mass is 311 g/mol. The summed E-state index contributed by atoms with van der Waals surface area (Å²) in [6.45, 7) is 9.44. The van der Waals surface area contributed by atoms with Crippen molar-refractivity contribution in [1.82, 2.24) is 4.31 Å². The molecule has 2 rings (SSSR count). The van der Waals surface area contributed by atoms with Crippen LogP contribution >= 0.6 is 0 Å². The molecule has 0 aliphatic carbocycles. The molecule has 0 amide bonds. The van der Waals surface area contributed by atoms with E-state index in [9.17, 15) is 13.5 Å². The molecule has 0 radical (unpaired) electrons. The molecule has 118 valence electrons. The summed E-state index contributed by atoms with van der Waals surface area (Å²) < 4.78 is 27.7. The summed E-state index contributed by atoms with van der Waals surface area (Å²) in [5, 5.41) is 10.0. The molecule has 1 fully saturated rings. The average molecular weight is 311 g/mol.